The zero-order valence-electron chi connectivity index (χ0n) is 10.5. The van der Waals surface area contributed by atoms with Gasteiger partial charge in [0.25, 0.3) is 0 Å². The van der Waals surface area contributed by atoms with Crippen LogP contribution in [-0.4, -0.2) is 26.8 Å². The first kappa shape index (κ1) is 14.1. The van der Waals surface area contributed by atoms with Crippen molar-refractivity contribution in [1.82, 2.24) is 9.78 Å². The number of esters is 1. The summed E-state index contributed by atoms with van der Waals surface area (Å²) in [5, 5.41) is 13.2. The van der Waals surface area contributed by atoms with Gasteiger partial charge in [-0.1, -0.05) is 23.7 Å². The number of aryl methyl sites for hydroxylation is 1. The fourth-order valence-corrected chi connectivity index (χ4v) is 1.78. The average molecular weight is 295 g/mol. The van der Waals surface area contributed by atoms with Crippen LogP contribution < -0.4 is 4.74 Å². The zero-order valence-corrected chi connectivity index (χ0v) is 11.3. The van der Waals surface area contributed by atoms with Crippen LogP contribution >= 0.6 is 11.6 Å². The van der Waals surface area contributed by atoms with Crippen LogP contribution in [0.25, 0.3) is 0 Å². The molecule has 1 N–H and O–H groups in total. The molecule has 0 bridgehead atoms. The maximum Gasteiger partial charge on any atom is 0.364 e. The molecule has 0 aliphatic carbocycles. The van der Waals surface area contributed by atoms with Gasteiger partial charge in [0.15, 0.2) is 5.69 Å². The number of carbonyl (C=O) groups excluding carboxylic acids is 1. The van der Waals surface area contributed by atoms with E-state index >= 15 is 0 Å². The predicted molar refractivity (Wildman–Crippen MR) is 71.3 cm³/mol. The number of rotatable bonds is 4. The average Bonchev–Trinajstić information content (AvgIpc) is 2.86. The van der Waals surface area contributed by atoms with Gasteiger partial charge < -0.3 is 9.84 Å². The van der Waals surface area contributed by atoms with Crippen molar-refractivity contribution in [3.05, 3.63) is 46.7 Å². The van der Waals surface area contributed by atoms with E-state index in [1.807, 2.05) is 0 Å². The SMILES string of the molecule is CCn1nc(C(=O)Oc2ccccc2Cl)cc1C(=O)O. The van der Waals surface area contributed by atoms with E-state index in [9.17, 15) is 9.59 Å². The Balaban J connectivity index is 2.26. The molecule has 1 aromatic heterocycles. The molecule has 0 fully saturated rings. The third kappa shape index (κ3) is 2.80. The Morgan fingerprint density at radius 2 is 2.10 bits per heavy atom. The molecule has 104 valence electrons. The maximum absolute atomic E-state index is 11.9. The van der Waals surface area contributed by atoms with Crippen molar-refractivity contribution in [2.24, 2.45) is 0 Å². The van der Waals surface area contributed by atoms with E-state index in [2.05, 4.69) is 5.10 Å². The van der Waals surface area contributed by atoms with Gasteiger partial charge >= 0.3 is 11.9 Å². The van der Waals surface area contributed by atoms with E-state index in [4.69, 9.17) is 21.4 Å². The Morgan fingerprint density at radius 3 is 2.65 bits per heavy atom. The van der Waals surface area contributed by atoms with Gasteiger partial charge in [0.05, 0.1) is 5.02 Å². The van der Waals surface area contributed by atoms with Crippen LogP contribution in [0.3, 0.4) is 0 Å². The van der Waals surface area contributed by atoms with E-state index < -0.39 is 11.9 Å². The fourth-order valence-electron chi connectivity index (χ4n) is 1.61. The topological polar surface area (TPSA) is 81.4 Å². The largest absolute Gasteiger partial charge is 0.477 e. The van der Waals surface area contributed by atoms with Crippen LogP contribution in [0, 0.1) is 0 Å². The first-order valence-corrected chi connectivity index (χ1v) is 6.18. The van der Waals surface area contributed by atoms with E-state index in [1.54, 1.807) is 25.1 Å². The van der Waals surface area contributed by atoms with Gasteiger partial charge in [-0.15, -0.1) is 0 Å². The summed E-state index contributed by atoms with van der Waals surface area (Å²) in [6, 6.07) is 7.66. The van der Waals surface area contributed by atoms with Crippen molar-refractivity contribution >= 4 is 23.5 Å². The molecule has 0 amide bonds. The number of hydrogen-bond donors (Lipinski definition) is 1. The standard InChI is InChI=1S/C13H11ClN2O4/c1-2-16-10(12(17)18)7-9(15-16)13(19)20-11-6-4-3-5-8(11)14/h3-7H,2H2,1H3,(H,17,18). The molecule has 6 nitrogen and oxygen atoms in total. The molecule has 2 rings (SSSR count). The molecular weight excluding hydrogens is 284 g/mol. The van der Waals surface area contributed by atoms with Gasteiger partial charge in [0.1, 0.15) is 11.4 Å². The summed E-state index contributed by atoms with van der Waals surface area (Å²) in [6.07, 6.45) is 0. The number of aromatic nitrogens is 2. The highest BCUT2D eigenvalue weighted by molar-refractivity contribution is 6.32. The summed E-state index contributed by atoms with van der Waals surface area (Å²) in [5.41, 5.74) is -0.150. The second-order valence-electron chi connectivity index (χ2n) is 3.86. The van der Waals surface area contributed by atoms with E-state index in [1.165, 1.54) is 16.8 Å². The van der Waals surface area contributed by atoms with Gasteiger partial charge in [-0.25, -0.2) is 9.59 Å². The lowest BCUT2D eigenvalue weighted by atomic mass is 10.3. The van der Waals surface area contributed by atoms with Gasteiger partial charge in [-0.2, -0.15) is 5.10 Å². The Labute approximate surface area is 119 Å². The number of carboxylic acids is 1. The van der Waals surface area contributed by atoms with Crippen LogP contribution in [0.4, 0.5) is 0 Å². The molecule has 0 radical (unpaired) electrons. The second kappa shape index (κ2) is 5.75. The van der Waals surface area contributed by atoms with Crippen LogP contribution in [-0.2, 0) is 6.54 Å². The Bertz CT molecular complexity index is 666. The number of benzene rings is 1. The van der Waals surface area contributed by atoms with Crippen LogP contribution in [0.5, 0.6) is 5.75 Å². The van der Waals surface area contributed by atoms with E-state index in [-0.39, 0.29) is 22.2 Å². The number of ether oxygens (including phenoxy) is 1. The third-order valence-electron chi connectivity index (χ3n) is 2.55. The molecule has 0 saturated carbocycles. The van der Waals surface area contributed by atoms with Crippen molar-refractivity contribution in [1.29, 1.82) is 0 Å². The summed E-state index contributed by atoms with van der Waals surface area (Å²) in [5.74, 6) is -1.72. The molecule has 0 unspecified atom stereocenters. The van der Waals surface area contributed by atoms with Crippen molar-refractivity contribution in [2.75, 3.05) is 0 Å². The molecule has 0 spiro atoms. The normalized spacial score (nSPS) is 10.3. The Hall–Kier alpha value is -2.34. The first-order chi connectivity index (χ1) is 9.52. The Kier molecular flexibility index (Phi) is 4.05. The lowest BCUT2D eigenvalue weighted by molar-refractivity contribution is 0.0681. The molecule has 0 atom stereocenters. The highest BCUT2D eigenvalue weighted by Crippen LogP contribution is 2.24. The van der Waals surface area contributed by atoms with Crippen molar-refractivity contribution in [2.45, 2.75) is 13.5 Å². The molecule has 1 heterocycles. The second-order valence-corrected chi connectivity index (χ2v) is 4.26. The maximum atomic E-state index is 11.9. The number of nitrogens with zero attached hydrogens (tertiary/aromatic N) is 2. The van der Waals surface area contributed by atoms with Gasteiger partial charge in [-0.05, 0) is 19.1 Å². The molecule has 1 aromatic carbocycles. The molecule has 7 heteroatoms. The molecule has 0 aliphatic rings. The Morgan fingerprint density at radius 1 is 1.40 bits per heavy atom. The van der Waals surface area contributed by atoms with Gasteiger partial charge in [0.2, 0.25) is 0 Å². The summed E-state index contributed by atoms with van der Waals surface area (Å²) in [4.78, 5) is 22.9. The number of para-hydroxylation sites is 1. The zero-order chi connectivity index (χ0) is 14.7. The molecule has 0 saturated heterocycles. The van der Waals surface area contributed by atoms with Crippen molar-refractivity contribution in [3.8, 4) is 5.75 Å². The number of hydrogen-bond acceptors (Lipinski definition) is 4. The smallest absolute Gasteiger partial charge is 0.364 e. The summed E-state index contributed by atoms with van der Waals surface area (Å²) >= 11 is 5.87. The molecular formula is C13H11ClN2O4. The van der Waals surface area contributed by atoms with Crippen LogP contribution in [0.15, 0.2) is 30.3 Å². The number of aromatic carboxylic acids is 1. The highest BCUT2D eigenvalue weighted by Gasteiger charge is 2.20. The van der Waals surface area contributed by atoms with Gasteiger partial charge in [0, 0.05) is 12.6 Å². The highest BCUT2D eigenvalue weighted by atomic mass is 35.5. The van der Waals surface area contributed by atoms with E-state index in [0.29, 0.717) is 6.54 Å². The van der Waals surface area contributed by atoms with Crippen molar-refractivity contribution < 1.29 is 19.4 Å². The lowest BCUT2D eigenvalue weighted by Crippen LogP contribution is -2.11. The predicted octanol–water partition coefficient (Wildman–Crippen LogP) is 2.47. The van der Waals surface area contributed by atoms with Gasteiger partial charge in [-0.3, -0.25) is 4.68 Å². The van der Waals surface area contributed by atoms with Crippen LogP contribution in [0.1, 0.15) is 27.9 Å². The fraction of sp³-hybridized carbons (Fsp3) is 0.154. The molecule has 0 aliphatic heterocycles. The lowest BCUT2D eigenvalue weighted by Gasteiger charge is -2.03. The van der Waals surface area contributed by atoms with Crippen molar-refractivity contribution in [3.63, 3.8) is 0 Å². The minimum atomic E-state index is -1.16. The number of carbonyl (C=O) groups is 2. The quantitative estimate of drug-likeness (QED) is 0.692. The summed E-state index contributed by atoms with van der Waals surface area (Å²) in [6.45, 7) is 2.06. The monoisotopic (exact) mass is 294 g/mol. The number of carboxylic acid groups (broad SMARTS) is 1. The minimum Gasteiger partial charge on any atom is -0.477 e. The third-order valence-corrected chi connectivity index (χ3v) is 2.86. The first-order valence-electron chi connectivity index (χ1n) is 5.80. The summed E-state index contributed by atoms with van der Waals surface area (Å²) < 4.78 is 6.30. The number of halogens is 1. The van der Waals surface area contributed by atoms with E-state index in [0.717, 1.165) is 0 Å². The molecule has 2 aromatic rings. The minimum absolute atomic E-state index is 0.0707. The van der Waals surface area contributed by atoms with Crippen LogP contribution in [0.2, 0.25) is 5.02 Å². The molecule has 20 heavy (non-hydrogen) atoms. The summed E-state index contributed by atoms with van der Waals surface area (Å²) in [7, 11) is 0.